The van der Waals surface area contributed by atoms with Crippen molar-refractivity contribution in [2.24, 2.45) is 11.0 Å². The fourth-order valence-electron chi connectivity index (χ4n) is 4.93. The highest BCUT2D eigenvalue weighted by Gasteiger charge is 2.43. The molecule has 0 N–H and O–H groups in total. The Morgan fingerprint density at radius 3 is 2.20 bits per heavy atom. The van der Waals surface area contributed by atoms with Gasteiger partial charge in [-0.15, -0.1) is 0 Å². The second kappa shape index (κ2) is 9.74. The Morgan fingerprint density at radius 2 is 1.57 bits per heavy atom. The first-order valence-corrected chi connectivity index (χ1v) is 11.7. The van der Waals surface area contributed by atoms with Crippen LogP contribution in [0, 0.1) is 11.7 Å². The third-order valence-corrected chi connectivity index (χ3v) is 6.71. The molecule has 0 spiro atoms. The molecule has 0 aromatic heterocycles. The summed E-state index contributed by atoms with van der Waals surface area (Å²) in [5, 5.41) is 6.49. The van der Waals surface area contributed by atoms with E-state index >= 15 is 0 Å². The summed E-state index contributed by atoms with van der Waals surface area (Å²) in [5.41, 5.74) is 4.56. The molecular weight excluding hydrogens is 443 g/mol. The van der Waals surface area contributed by atoms with Crippen LogP contribution in [0.3, 0.4) is 0 Å². The third-order valence-electron chi connectivity index (χ3n) is 6.71. The number of halogens is 1. The summed E-state index contributed by atoms with van der Waals surface area (Å²) in [6, 6.07) is 21.1. The van der Waals surface area contributed by atoms with Crippen LogP contribution in [0.15, 0.2) is 83.5 Å². The standard InChI is InChI=1S/C29H27FN2O3/c1-34-24-14-6-19(7-15-24)18-22-4-3-5-26-27(22)31-32(29(33)21-8-12-23(30)13-9-21)28(26)20-10-16-25(35-2)17-11-20/h6-18,26,28H,3-5H2,1-2H3. The molecule has 1 aliphatic carbocycles. The van der Waals surface area contributed by atoms with Crippen molar-refractivity contribution in [3.63, 3.8) is 0 Å². The van der Waals surface area contributed by atoms with Crippen LogP contribution < -0.4 is 9.47 Å². The van der Waals surface area contributed by atoms with Crippen molar-refractivity contribution in [1.82, 2.24) is 5.01 Å². The second-order valence-corrected chi connectivity index (χ2v) is 8.80. The van der Waals surface area contributed by atoms with E-state index in [-0.39, 0.29) is 23.7 Å². The maximum atomic E-state index is 13.6. The molecule has 1 saturated carbocycles. The maximum absolute atomic E-state index is 13.6. The van der Waals surface area contributed by atoms with Crippen LogP contribution in [0.4, 0.5) is 4.39 Å². The van der Waals surface area contributed by atoms with Gasteiger partial charge in [0.2, 0.25) is 0 Å². The summed E-state index contributed by atoms with van der Waals surface area (Å²) in [5.74, 6) is 1.03. The lowest BCUT2D eigenvalue weighted by molar-refractivity contribution is 0.0681. The van der Waals surface area contributed by atoms with Crippen LogP contribution in [0.25, 0.3) is 6.08 Å². The number of amides is 1. The topological polar surface area (TPSA) is 51.1 Å². The Hall–Kier alpha value is -3.93. The van der Waals surface area contributed by atoms with Gasteiger partial charge in [-0.05, 0) is 90.6 Å². The fourth-order valence-corrected chi connectivity index (χ4v) is 4.93. The number of nitrogens with zero attached hydrogens (tertiary/aromatic N) is 2. The van der Waals surface area contributed by atoms with E-state index in [2.05, 4.69) is 6.08 Å². The van der Waals surface area contributed by atoms with Crippen molar-refractivity contribution in [1.29, 1.82) is 0 Å². The summed E-state index contributed by atoms with van der Waals surface area (Å²) in [4.78, 5) is 13.6. The average Bonchev–Trinajstić information content (AvgIpc) is 3.30. The monoisotopic (exact) mass is 470 g/mol. The van der Waals surface area contributed by atoms with Gasteiger partial charge in [-0.1, -0.05) is 24.3 Å². The Bertz CT molecular complexity index is 1260. The van der Waals surface area contributed by atoms with Gasteiger partial charge in [0, 0.05) is 11.5 Å². The minimum Gasteiger partial charge on any atom is -0.497 e. The van der Waals surface area contributed by atoms with E-state index in [1.807, 2.05) is 48.5 Å². The number of carbonyl (C=O) groups excluding carboxylic acids is 1. The molecule has 2 atom stereocenters. The van der Waals surface area contributed by atoms with Crippen LogP contribution in [0.1, 0.15) is 46.8 Å². The summed E-state index contributed by atoms with van der Waals surface area (Å²) < 4.78 is 24.1. The number of rotatable bonds is 5. The molecule has 1 fully saturated rings. The van der Waals surface area contributed by atoms with Crippen molar-refractivity contribution in [2.75, 3.05) is 14.2 Å². The van der Waals surface area contributed by atoms with Crippen molar-refractivity contribution < 1.29 is 18.7 Å². The van der Waals surface area contributed by atoms with Gasteiger partial charge in [0.15, 0.2) is 0 Å². The highest BCUT2D eigenvalue weighted by atomic mass is 19.1. The molecule has 3 aromatic rings. The molecule has 1 aliphatic heterocycles. The van der Waals surface area contributed by atoms with Gasteiger partial charge in [-0.2, -0.15) is 5.10 Å². The first kappa shape index (κ1) is 22.8. The number of methoxy groups -OCH3 is 2. The molecule has 5 rings (SSSR count). The summed E-state index contributed by atoms with van der Waals surface area (Å²) in [7, 11) is 3.28. The zero-order valence-corrected chi connectivity index (χ0v) is 19.8. The lowest BCUT2D eigenvalue weighted by Gasteiger charge is -2.29. The number of hydrazone groups is 1. The molecule has 0 bridgehead atoms. The molecule has 0 radical (unpaired) electrons. The van der Waals surface area contributed by atoms with Crippen molar-refractivity contribution in [3.05, 3.63) is 101 Å². The lowest BCUT2D eigenvalue weighted by atomic mass is 9.77. The van der Waals surface area contributed by atoms with Gasteiger partial charge in [0.05, 0.1) is 26.0 Å². The van der Waals surface area contributed by atoms with Crippen LogP contribution in [0.2, 0.25) is 0 Å². The lowest BCUT2D eigenvalue weighted by Crippen LogP contribution is -2.31. The highest BCUT2D eigenvalue weighted by Crippen LogP contribution is 2.45. The van der Waals surface area contributed by atoms with E-state index in [4.69, 9.17) is 14.6 Å². The Kier molecular flexibility index (Phi) is 6.36. The van der Waals surface area contributed by atoms with Crippen LogP contribution >= 0.6 is 0 Å². The smallest absolute Gasteiger partial charge is 0.274 e. The second-order valence-electron chi connectivity index (χ2n) is 8.80. The largest absolute Gasteiger partial charge is 0.497 e. The summed E-state index contributed by atoms with van der Waals surface area (Å²) in [6.07, 6.45) is 5.00. The predicted molar refractivity (Wildman–Crippen MR) is 134 cm³/mol. The molecule has 6 heteroatoms. The fraction of sp³-hybridized carbons (Fsp3) is 0.241. The number of benzene rings is 3. The molecule has 1 heterocycles. The van der Waals surface area contributed by atoms with Crippen molar-refractivity contribution in [2.45, 2.75) is 25.3 Å². The van der Waals surface area contributed by atoms with Gasteiger partial charge in [-0.25, -0.2) is 9.40 Å². The number of fused-ring (bicyclic) bond motifs is 1. The predicted octanol–water partition coefficient (Wildman–Crippen LogP) is 6.28. The van der Waals surface area contributed by atoms with Crippen molar-refractivity contribution in [3.8, 4) is 11.5 Å². The quantitative estimate of drug-likeness (QED) is 0.441. The molecule has 1 amide bonds. The minimum atomic E-state index is -0.376. The van der Waals surface area contributed by atoms with Gasteiger partial charge in [-0.3, -0.25) is 4.79 Å². The zero-order valence-electron chi connectivity index (χ0n) is 19.8. The minimum absolute atomic E-state index is 0.0750. The number of allylic oxidation sites excluding steroid dienone is 1. The molecule has 2 aliphatic rings. The molecule has 35 heavy (non-hydrogen) atoms. The molecule has 2 unspecified atom stereocenters. The number of carbonyl (C=O) groups is 1. The molecule has 0 saturated heterocycles. The first-order chi connectivity index (χ1) is 17.1. The molecular formula is C29H27FN2O3. The van der Waals surface area contributed by atoms with E-state index in [0.29, 0.717) is 5.56 Å². The highest BCUT2D eigenvalue weighted by molar-refractivity contribution is 6.09. The molecule has 3 aromatic carbocycles. The number of hydrogen-bond acceptors (Lipinski definition) is 4. The number of ether oxygens (including phenoxy) is 2. The molecule has 5 nitrogen and oxygen atoms in total. The number of hydrogen-bond donors (Lipinski definition) is 0. The first-order valence-electron chi connectivity index (χ1n) is 11.7. The van der Waals surface area contributed by atoms with Gasteiger partial charge < -0.3 is 9.47 Å². The van der Waals surface area contributed by atoms with Gasteiger partial charge in [0.1, 0.15) is 17.3 Å². The maximum Gasteiger partial charge on any atom is 0.274 e. The van der Waals surface area contributed by atoms with Crippen LogP contribution in [0.5, 0.6) is 11.5 Å². The molecule has 178 valence electrons. The van der Waals surface area contributed by atoms with E-state index in [0.717, 1.165) is 53.2 Å². The van der Waals surface area contributed by atoms with Crippen LogP contribution in [-0.4, -0.2) is 30.8 Å². The van der Waals surface area contributed by atoms with E-state index < -0.39 is 0 Å². The Morgan fingerprint density at radius 1 is 0.943 bits per heavy atom. The summed E-state index contributed by atoms with van der Waals surface area (Å²) >= 11 is 0. The summed E-state index contributed by atoms with van der Waals surface area (Å²) in [6.45, 7) is 0. The van der Waals surface area contributed by atoms with Crippen molar-refractivity contribution >= 4 is 17.7 Å². The van der Waals surface area contributed by atoms with Gasteiger partial charge in [0.25, 0.3) is 5.91 Å². The van der Waals surface area contributed by atoms with Gasteiger partial charge >= 0.3 is 0 Å². The SMILES string of the molecule is COc1ccc(C=C2CCCC3C2=NN(C(=O)c2ccc(F)cc2)C3c2ccc(OC)cc2)cc1. The Labute approximate surface area is 204 Å². The zero-order chi connectivity index (χ0) is 24.4. The normalized spacial score (nSPS) is 20.4. The van der Waals surface area contributed by atoms with E-state index in [1.54, 1.807) is 19.2 Å². The van der Waals surface area contributed by atoms with E-state index in [9.17, 15) is 9.18 Å². The Balaban J connectivity index is 1.55. The van der Waals surface area contributed by atoms with Crippen LogP contribution in [-0.2, 0) is 0 Å². The van der Waals surface area contributed by atoms with E-state index in [1.165, 1.54) is 24.3 Å². The third kappa shape index (κ3) is 4.56. The average molecular weight is 471 g/mol.